The number of piperidine rings is 1. The van der Waals surface area contributed by atoms with E-state index in [0.29, 0.717) is 17.6 Å². The van der Waals surface area contributed by atoms with Crippen molar-refractivity contribution in [2.75, 3.05) is 30.7 Å². The number of anilines is 1. The lowest BCUT2D eigenvalue weighted by molar-refractivity contribution is -0.117. The van der Waals surface area contributed by atoms with E-state index in [2.05, 4.69) is 50.0 Å². The van der Waals surface area contributed by atoms with Gasteiger partial charge in [-0.25, -0.2) is 4.98 Å². The summed E-state index contributed by atoms with van der Waals surface area (Å²) in [6.45, 7) is 7.59. The Morgan fingerprint density at radius 2 is 2.15 bits per heavy atom. The van der Waals surface area contributed by atoms with Gasteiger partial charge in [0.15, 0.2) is 4.34 Å². The molecule has 0 saturated carbocycles. The van der Waals surface area contributed by atoms with Crippen molar-refractivity contribution in [2.45, 2.75) is 44.0 Å². The van der Waals surface area contributed by atoms with Crippen molar-refractivity contribution in [3.63, 3.8) is 0 Å². The lowest BCUT2D eigenvalue weighted by Crippen LogP contribution is -2.40. The molecule has 1 amide bonds. The third kappa shape index (κ3) is 5.28. The van der Waals surface area contributed by atoms with E-state index in [1.165, 1.54) is 11.3 Å². The molecule has 26 heavy (non-hydrogen) atoms. The van der Waals surface area contributed by atoms with Crippen LogP contribution in [0.15, 0.2) is 16.7 Å². The van der Waals surface area contributed by atoms with Crippen LogP contribution in [0.1, 0.15) is 32.5 Å². The average molecular weight is 395 g/mol. The molecule has 0 aromatic carbocycles. The van der Waals surface area contributed by atoms with Crippen molar-refractivity contribution in [1.82, 2.24) is 24.6 Å². The molecule has 1 N–H and O–H groups in total. The minimum absolute atomic E-state index is 0.00414. The van der Waals surface area contributed by atoms with E-state index < -0.39 is 0 Å². The number of imidazole rings is 1. The number of aromatic nitrogens is 4. The lowest BCUT2D eigenvalue weighted by Gasteiger charge is -2.31. The zero-order valence-electron chi connectivity index (χ0n) is 15.3. The first-order valence-corrected chi connectivity index (χ1v) is 11.0. The molecule has 0 bridgehead atoms. The number of aryl methyl sites for hydroxylation is 1. The largest absolute Gasteiger partial charge is 0.335 e. The predicted octanol–water partition coefficient (Wildman–Crippen LogP) is 2.76. The molecule has 0 aliphatic carbocycles. The second-order valence-corrected chi connectivity index (χ2v) is 8.91. The van der Waals surface area contributed by atoms with Gasteiger partial charge in [0.05, 0.1) is 6.54 Å². The fourth-order valence-electron chi connectivity index (χ4n) is 3.23. The summed E-state index contributed by atoms with van der Waals surface area (Å²) in [5.41, 5.74) is 0. The number of amides is 1. The lowest BCUT2D eigenvalue weighted by atomic mass is 9.96. The summed E-state index contributed by atoms with van der Waals surface area (Å²) in [5, 5.41) is 11.5. The molecule has 3 heterocycles. The van der Waals surface area contributed by atoms with Crippen molar-refractivity contribution in [1.29, 1.82) is 0 Å². The summed E-state index contributed by atoms with van der Waals surface area (Å²) in [4.78, 5) is 18.9. The molecule has 1 aliphatic rings. The van der Waals surface area contributed by atoms with Crippen molar-refractivity contribution in [2.24, 2.45) is 5.92 Å². The van der Waals surface area contributed by atoms with Crippen LogP contribution >= 0.6 is 23.1 Å². The molecule has 1 aliphatic heterocycles. The third-order valence-corrected chi connectivity index (χ3v) is 6.42. The van der Waals surface area contributed by atoms with E-state index in [1.54, 1.807) is 11.8 Å². The Kier molecular flexibility index (Phi) is 7.04. The number of carbonyl (C=O) groups is 1. The fourth-order valence-corrected chi connectivity index (χ4v) is 4.90. The normalized spacial score (nSPS) is 16.1. The minimum atomic E-state index is -0.00414. The molecule has 142 valence electrons. The smallest absolute Gasteiger partial charge is 0.240 e. The zero-order chi connectivity index (χ0) is 18.4. The van der Waals surface area contributed by atoms with Gasteiger partial charge in [0.2, 0.25) is 11.0 Å². The monoisotopic (exact) mass is 394 g/mol. The van der Waals surface area contributed by atoms with Crippen molar-refractivity contribution < 1.29 is 4.79 Å². The number of hydrogen-bond donors (Lipinski definition) is 1. The fraction of sp³-hybridized carbons (Fsp3) is 0.647. The number of carbonyl (C=O) groups excluding carboxylic acids is 1. The summed E-state index contributed by atoms with van der Waals surface area (Å²) in [6.07, 6.45) is 7.16. The van der Waals surface area contributed by atoms with Crippen LogP contribution in [0.2, 0.25) is 0 Å². The Hall–Kier alpha value is -1.45. The van der Waals surface area contributed by atoms with Gasteiger partial charge in [0.1, 0.15) is 5.82 Å². The molecule has 2 aromatic rings. The van der Waals surface area contributed by atoms with Gasteiger partial charge in [-0.15, -0.1) is 10.2 Å². The second kappa shape index (κ2) is 9.48. The number of nitrogens with one attached hydrogen (secondary N) is 1. The summed E-state index contributed by atoms with van der Waals surface area (Å²) in [7, 11) is 0. The number of hydrogen-bond acceptors (Lipinski definition) is 7. The van der Waals surface area contributed by atoms with Gasteiger partial charge < -0.3 is 4.57 Å². The van der Waals surface area contributed by atoms with E-state index in [4.69, 9.17) is 0 Å². The Bertz CT molecular complexity index is 708. The summed E-state index contributed by atoms with van der Waals surface area (Å²) in [6, 6.07) is 0. The number of thioether (sulfide) groups is 1. The maximum Gasteiger partial charge on any atom is 0.240 e. The Morgan fingerprint density at radius 1 is 1.35 bits per heavy atom. The van der Waals surface area contributed by atoms with E-state index in [9.17, 15) is 4.79 Å². The molecule has 3 rings (SSSR count). The van der Waals surface area contributed by atoms with E-state index in [-0.39, 0.29) is 5.91 Å². The maximum absolute atomic E-state index is 12.2. The molecule has 9 heteroatoms. The van der Waals surface area contributed by atoms with Crippen LogP contribution in [-0.2, 0) is 17.8 Å². The molecule has 7 nitrogen and oxygen atoms in total. The highest BCUT2D eigenvalue weighted by molar-refractivity contribution is 8.01. The highest BCUT2D eigenvalue weighted by Gasteiger charge is 2.22. The minimum Gasteiger partial charge on any atom is -0.335 e. The molecule has 2 aromatic heterocycles. The molecule has 0 spiro atoms. The van der Waals surface area contributed by atoms with Crippen molar-refractivity contribution in [3.05, 3.63) is 18.2 Å². The average Bonchev–Trinajstić information content (AvgIpc) is 3.26. The maximum atomic E-state index is 12.2. The van der Waals surface area contributed by atoms with Crippen LogP contribution in [0.3, 0.4) is 0 Å². The molecular formula is C17H26N6OS2. The van der Waals surface area contributed by atoms with Crippen LogP contribution < -0.4 is 5.32 Å². The SMILES string of the molecule is CCSc1nnc(NC(=O)CN2CCC(Cn3ccnc3CC)CC2)s1. The van der Waals surface area contributed by atoms with Gasteiger partial charge in [-0.05, 0) is 37.6 Å². The first kappa shape index (κ1) is 19.3. The predicted molar refractivity (Wildman–Crippen MR) is 106 cm³/mol. The number of likely N-dealkylation sites (tertiary alicyclic amines) is 1. The first-order chi connectivity index (χ1) is 12.7. The van der Waals surface area contributed by atoms with Gasteiger partial charge in [0.25, 0.3) is 0 Å². The summed E-state index contributed by atoms with van der Waals surface area (Å²) < 4.78 is 3.17. The highest BCUT2D eigenvalue weighted by Crippen LogP contribution is 2.25. The third-order valence-electron chi connectivity index (χ3n) is 4.57. The van der Waals surface area contributed by atoms with E-state index in [0.717, 1.165) is 54.8 Å². The quantitative estimate of drug-likeness (QED) is 0.548. The number of nitrogens with zero attached hydrogens (tertiary/aromatic N) is 5. The van der Waals surface area contributed by atoms with Crippen LogP contribution in [0.5, 0.6) is 0 Å². The Labute approximate surface area is 162 Å². The van der Waals surface area contributed by atoms with Gasteiger partial charge in [0, 0.05) is 25.4 Å². The standard InChI is InChI=1S/C17H26N6OS2/c1-3-14-18-7-10-23(14)11-13-5-8-22(9-6-13)12-15(24)19-16-20-21-17(26-16)25-4-2/h7,10,13H,3-6,8-9,11-12H2,1-2H3,(H,19,20,24). The molecule has 0 radical (unpaired) electrons. The Morgan fingerprint density at radius 3 is 2.88 bits per heavy atom. The van der Waals surface area contributed by atoms with Crippen molar-refractivity contribution >= 4 is 34.1 Å². The van der Waals surface area contributed by atoms with Crippen LogP contribution in [-0.4, -0.2) is 55.9 Å². The van der Waals surface area contributed by atoms with Crippen LogP contribution in [0, 0.1) is 5.92 Å². The summed E-state index contributed by atoms with van der Waals surface area (Å²) >= 11 is 3.08. The number of rotatable bonds is 8. The zero-order valence-corrected chi connectivity index (χ0v) is 17.0. The molecular weight excluding hydrogens is 368 g/mol. The van der Waals surface area contributed by atoms with Gasteiger partial charge >= 0.3 is 0 Å². The molecule has 0 atom stereocenters. The first-order valence-electron chi connectivity index (χ1n) is 9.16. The second-order valence-electron chi connectivity index (χ2n) is 6.42. The van der Waals surface area contributed by atoms with Crippen LogP contribution in [0.25, 0.3) is 0 Å². The van der Waals surface area contributed by atoms with E-state index in [1.807, 2.05) is 6.20 Å². The van der Waals surface area contributed by atoms with Crippen molar-refractivity contribution in [3.8, 4) is 0 Å². The van der Waals surface area contributed by atoms with E-state index >= 15 is 0 Å². The topological polar surface area (TPSA) is 75.9 Å². The van der Waals surface area contributed by atoms with Crippen LogP contribution in [0.4, 0.5) is 5.13 Å². The molecule has 1 saturated heterocycles. The molecule has 1 fully saturated rings. The molecule has 0 unspecified atom stereocenters. The van der Waals surface area contributed by atoms with Gasteiger partial charge in [-0.1, -0.05) is 36.9 Å². The van der Waals surface area contributed by atoms with Gasteiger partial charge in [-0.2, -0.15) is 0 Å². The highest BCUT2D eigenvalue weighted by atomic mass is 32.2. The summed E-state index contributed by atoms with van der Waals surface area (Å²) in [5.74, 6) is 2.77. The Balaban J connectivity index is 1.41. The van der Waals surface area contributed by atoms with Gasteiger partial charge in [-0.3, -0.25) is 15.0 Å².